The van der Waals surface area contributed by atoms with E-state index in [0.717, 1.165) is 0 Å². The molecule has 0 bridgehead atoms. The van der Waals surface area contributed by atoms with Crippen LogP contribution in [0.25, 0.3) is 0 Å². The molecule has 0 aromatic heterocycles. The molecule has 0 rings (SSSR count). The number of aliphatic carboxylic acids is 2. The molecule has 0 aromatic rings. The SMILES string of the molecule is C=C.C=C.O=C(O)CCCC(=O)O. The summed E-state index contributed by atoms with van der Waals surface area (Å²) in [5.74, 6) is -1.90. The standard InChI is InChI=1S/C5H8O4.2C2H4/c6-4(7)2-1-3-5(8)9;2*1-2/h1-3H2,(H,6,7)(H,8,9);2*1-2H2. The van der Waals surface area contributed by atoms with Crippen LogP contribution < -0.4 is 0 Å². The summed E-state index contributed by atoms with van der Waals surface area (Å²) in [7, 11) is 0. The Hall–Kier alpha value is -1.58. The average Bonchev–Trinajstić information content (AvgIpc) is 2.10. The summed E-state index contributed by atoms with van der Waals surface area (Å²) < 4.78 is 0. The van der Waals surface area contributed by atoms with Crippen molar-refractivity contribution in [1.82, 2.24) is 0 Å². The molecule has 0 amide bonds. The molecule has 0 aliphatic heterocycles. The third kappa shape index (κ3) is 37.8. The molecular formula is C9H16O4. The van der Waals surface area contributed by atoms with E-state index in [1.807, 2.05) is 0 Å². The first-order chi connectivity index (χ1) is 6.13. The number of rotatable bonds is 4. The van der Waals surface area contributed by atoms with Crippen molar-refractivity contribution in [3.05, 3.63) is 26.3 Å². The molecule has 0 aromatic carbocycles. The summed E-state index contributed by atoms with van der Waals surface area (Å²) in [6, 6.07) is 0. The first kappa shape index (κ1) is 17.5. The van der Waals surface area contributed by atoms with Crippen molar-refractivity contribution in [1.29, 1.82) is 0 Å². The minimum atomic E-state index is -0.948. The molecule has 2 N–H and O–H groups in total. The molecule has 4 heteroatoms. The summed E-state index contributed by atoms with van der Waals surface area (Å²) in [5.41, 5.74) is 0. The summed E-state index contributed by atoms with van der Waals surface area (Å²) >= 11 is 0. The summed E-state index contributed by atoms with van der Waals surface area (Å²) in [6.07, 6.45) is 0.0866. The molecule has 0 unspecified atom stereocenters. The Morgan fingerprint density at radius 1 is 0.846 bits per heavy atom. The first-order valence-corrected chi connectivity index (χ1v) is 3.56. The van der Waals surface area contributed by atoms with Crippen LogP contribution in [0, 0.1) is 0 Å². The van der Waals surface area contributed by atoms with Gasteiger partial charge >= 0.3 is 11.9 Å². The molecule has 0 radical (unpaired) electrons. The topological polar surface area (TPSA) is 74.6 Å². The summed E-state index contributed by atoms with van der Waals surface area (Å²) in [4.78, 5) is 19.6. The van der Waals surface area contributed by atoms with Crippen LogP contribution in [0.4, 0.5) is 0 Å². The number of carboxylic acid groups (broad SMARTS) is 2. The van der Waals surface area contributed by atoms with Gasteiger partial charge in [-0.1, -0.05) is 0 Å². The maximum absolute atomic E-state index is 9.79. The van der Waals surface area contributed by atoms with Gasteiger partial charge in [-0.3, -0.25) is 9.59 Å². The zero-order valence-corrected chi connectivity index (χ0v) is 7.66. The Balaban J connectivity index is -0.000000218. The maximum Gasteiger partial charge on any atom is 0.303 e. The Kier molecular flexibility index (Phi) is 22.6. The predicted molar refractivity (Wildman–Crippen MR) is 51.6 cm³/mol. The van der Waals surface area contributed by atoms with Crippen molar-refractivity contribution in [2.45, 2.75) is 19.3 Å². The molecule has 0 saturated carbocycles. The van der Waals surface area contributed by atoms with Crippen LogP contribution in [0.15, 0.2) is 26.3 Å². The smallest absolute Gasteiger partial charge is 0.303 e. The molecule has 0 spiro atoms. The fraction of sp³-hybridized carbons (Fsp3) is 0.333. The number of carboxylic acids is 2. The largest absolute Gasteiger partial charge is 0.481 e. The summed E-state index contributed by atoms with van der Waals surface area (Å²) in [5, 5.41) is 16.1. The maximum atomic E-state index is 9.79. The van der Waals surface area contributed by atoms with Crippen LogP contribution in [0.3, 0.4) is 0 Å². The number of hydrogen-bond donors (Lipinski definition) is 2. The second-order valence-electron chi connectivity index (χ2n) is 1.64. The van der Waals surface area contributed by atoms with Crippen molar-refractivity contribution < 1.29 is 19.8 Å². The average molecular weight is 188 g/mol. The molecule has 76 valence electrons. The van der Waals surface area contributed by atoms with Crippen LogP contribution in [0.1, 0.15) is 19.3 Å². The van der Waals surface area contributed by atoms with Crippen LogP contribution in [-0.4, -0.2) is 22.2 Å². The summed E-state index contributed by atoms with van der Waals surface area (Å²) in [6.45, 7) is 12.0. The van der Waals surface area contributed by atoms with E-state index in [0.29, 0.717) is 0 Å². The number of carbonyl (C=O) groups is 2. The normalized spacial score (nSPS) is 6.77. The van der Waals surface area contributed by atoms with E-state index in [4.69, 9.17) is 10.2 Å². The fourth-order valence-electron chi connectivity index (χ4n) is 0.391. The molecule has 0 saturated heterocycles. The predicted octanol–water partition coefficient (Wildman–Crippen LogP) is 1.93. The van der Waals surface area contributed by atoms with Crippen LogP contribution >= 0.6 is 0 Å². The molecule has 4 nitrogen and oxygen atoms in total. The van der Waals surface area contributed by atoms with E-state index < -0.39 is 11.9 Å². The van der Waals surface area contributed by atoms with Gasteiger partial charge in [-0.2, -0.15) is 0 Å². The van der Waals surface area contributed by atoms with E-state index in [2.05, 4.69) is 26.3 Å². The molecule has 13 heavy (non-hydrogen) atoms. The van der Waals surface area contributed by atoms with Gasteiger partial charge in [0.2, 0.25) is 0 Å². The van der Waals surface area contributed by atoms with Gasteiger partial charge in [-0.15, -0.1) is 26.3 Å². The highest BCUT2D eigenvalue weighted by Crippen LogP contribution is 1.93. The van der Waals surface area contributed by atoms with E-state index >= 15 is 0 Å². The molecule has 0 fully saturated rings. The van der Waals surface area contributed by atoms with E-state index in [9.17, 15) is 9.59 Å². The van der Waals surface area contributed by atoms with Gasteiger partial charge in [-0.05, 0) is 6.42 Å². The van der Waals surface area contributed by atoms with Gasteiger partial charge in [0.25, 0.3) is 0 Å². The van der Waals surface area contributed by atoms with E-state index in [1.54, 1.807) is 0 Å². The first-order valence-electron chi connectivity index (χ1n) is 3.56. The highest BCUT2D eigenvalue weighted by molar-refractivity contribution is 5.69. The lowest BCUT2D eigenvalue weighted by Crippen LogP contribution is -1.98. The lowest BCUT2D eigenvalue weighted by Gasteiger charge is -1.89. The van der Waals surface area contributed by atoms with Crippen molar-refractivity contribution >= 4 is 11.9 Å². The van der Waals surface area contributed by atoms with Gasteiger partial charge in [0.05, 0.1) is 0 Å². The van der Waals surface area contributed by atoms with Gasteiger partial charge in [0.15, 0.2) is 0 Å². The minimum Gasteiger partial charge on any atom is -0.481 e. The monoisotopic (exact) mass is 188 g/mol. The minimum absolute atomic E-state index is 0.0632. The molecular weight excluding hydrogens is 172 g/mol. The Morgan fingerprint density at radius 3 is 1.23 bits per heavy atom. The molecule has 0 aliphatic rings. The van der Waals surface area contributed by atoms with Gasteiger partial charge < -0.3 is 10.2 Å². The zero-order chi connectivity index (χ0) is 11.3. The van der Waals surface area contributed by atoms with E-state index in [1.165, 1.54) is 0 Å². The lowest BCUT2D eigenvalue weighted by atomic mass is 10.2. The Bertz CT molecular complexity index is 127. The van der Waals surface area contributed by atoms with Gasteiger partial charge in [0, 0.05) is 12.8 Å². The third-order valence-corrected chi connectivity index (χ3v) is 0.781. The zero-order valence-electron chi connectivity index (χ0n) is 7.66. The molecule has 0 aliphatic carbocycles. The second-order valence-corrected chi connectivity index (χ2v) is 1.64. The van der Waals surface area contributed by atoms with E-state index in [-0.39, 0.29) is 19.3 Å². The van der Waals surface area contributed by atoms with Crippen LogP contribution in [0.5, 0.6) is 0 Å². The Morgan fingerprint density at radius 2 is 1.08 bits per heavy atom. The lowest BCUT2D eigenvalue weighted by molar-refractivity contribution is -0.138. The van der Waals surface area contributed by atoms with Crippen molar-refractivity contribution in [2.24, 2.45) is 0 Å². The Labute approximate surface area is 78.2 Å². The van der Waals surface area contributed by atoms with Crippen LogP contribution in [0.2, 0.25) is 0 Å². The highest BCUT2D eigenvalue weighted by Gasteiger charge is 1.99. The van der Waals surface area contributed by atoms with Crippen molar-refractivity contribution in [3.8, 4) is 0 Å². The molecule has 0 atom stereocenters. The van der Waals surface area contributed by atoms with Gasteiger partial charge in [0.1, 0.15) is 0 Å². The third-order valence-electron chi connectivity index (χ3n) is 0.781. The van der Waals surface area contributed by atoms with Crippen molar-refractivity contribution in [2.75, 3.05) is 0 Å². The molecule has 0 heterocycles. The van der Waals surface area contributed by atoms with Crippen LogP contribution in [-0.2, 0) is 9.59 Å². The van der Waals surface area contributed by atoms with Gasteiger partial charge in [-0.25, -0.2) is 0 Å². The second kappa shape index (κ2) is 16.8. The number of hydrogen-bond acceptors (Lipinski definition) is 2. The quantitative estimate of drug-likeness (QED) is 0.661. The van der Waals surface area contributed by atoms with Crippen molar-refractivity contribution in [3.63, 3.8) is 0 Å². The fourth-order valence-corrected chi connectivity index (χ4v) is 0.391. The highest BCUT2D eigenvalue weighted by atomic mass is 16.4.